The van der Waals surface area contributed by atoms with Crippen LogP contribution in [0.1, 0.15) is 20.8 Å². The number of aromatic nitrogens is 2. The van der Waals surface area contributed by atoms with Crippen molar-refractivity contribution in [3.05, 3.63) is 59.9 Å². The van der Waals surface area contributed by atoms with Crippen molar-refractivity contribution in [1.82, 2.24) is 9.97 Å². The highest BCUT2D eigenvalue weighted by Gasteiger charge is 2.10. The third-order valence-electron chi connectivity index (χ3n) is 3.11. The van der Waals surface area contributed by atoms with Gasteiger partial charge in [-0.1, -0.05) is 0 Å². The van der Waals surface area contributed by atoms with Gasteiger partial charge in [0.2, 0.25) is 0 Å². The van der Waals surface area contributed by atoms with E-state index in [9.17, 15) is 0 Å². The van der Waals surface area contributed by atoms with Crippen LogP contribution in [-0.4, -0.2) is 32.7 Å². The Labute approximate surface area is 157 Å². The number of nitrogens with one attached hydrogen (secondary N) is 2. The lowest BCUT2D eigenvalue weighted by atomic mass is 10.2. The van der Waals surface area contributed by atoms with E-state index in [0.717, 1.165) is 6.92 Å². The second kappa shape index (κ2) is 8.39. The number of nitrogen functional groups attached to an aromatic ring is 2. The second-order valence-corrected chi connectivity index (χ2v) is 5.22. The average Bonchev–Trinajstić information content (AvgIpc) is 2.96. The zero-order valence-corrected chi connectivity index (χ0v) is 14.3. The number of carbonyl (C=O) groups is 1. The highest BCUT2D eigenvalue weighted by Crippen LogP contribution is 2.26. The zero-order valence-electron chi connectivity index (χ0n) is 16.3. The summed E-state index contributed by atoms with van der Waals surface area (Å²) < 4.78 is 21.8. The van der Waals surface area contributed by atoms with Crippen LogP contribution >= 0.6 is 0 Å². The van der Waals surface area contributed by atoms with Crippen molar-refractivity contribution in [2.24, 2.45) is 11.5 Å². The van der Waals surface area contributed by atoms with Crippen LogP contribution in [0.2, 0.25) is 0 Å². The van der Waals surface area contributed by atoms with E-state index in [1.54, 1.807) is 24.3 Å². The number of carboxylic acids is 1. The number of hydrogen-bond donors (Lipinski definition) is 5. The van der Waals surface area contributed by atoms with E-state index in [1.165, 1.54) is 12.4 Å². The Hall–Kier alpha value is -4.01. The fourth-order valence-electron chi connectivity index (χ4n) is 1.87. The van der Waals surface area contributed by atoms with Crippen LogP contribution < -0.4 is 11.5 Å². The first-order chi connectivity index (χ1) is 13.6. The Morgan fingerprint density at radius 2 is 1.37 bits per heavy atom. The third kappa shape index (κ3) is 5.23. The molecule has 7 N–H and O–H groups in total. The van der Waals surface area contributed by atoms with Gasteiger partial charge in [-0.2, -0.15) is 0 Å². The predicted octanol–water partition coefficient (Wildman–Crippen LogP) is 2.06. The Morgan fingerprint density at radius 1 is 1.00 bits per heavy atom. The number of aliphatic carboxylic acids is 1. The van der Waals surface area contributed by atoms with Gasteiger partial charge < -0.3 is 21.0 Å². The monoisotopic (exact) mass is 370 g/mol. The molecule has 0 atom stereocenters. The fourth-order valence-corrected chi connectivity index (χ4v) is 1.87. The van der Waals surface area contributed by atoms with Crippen molar-refractivity contribution < 1.29 is 17.1 Å². The summed E-state index contributed by atoms with van der Waals surface area (Å²) in [5.41, 5.74) is 12.4. The smallest absolute Gasteiger partial charge is 0.300 e. The van der Waals surface area contributed by atoms with Gasteiger partial charge in [-0.15, -0.1) is 0 Å². The molecule has 0 saturated heterocycles. The fraction of sp³-hybridized carbons (Fsp3) is 0.0556. The molecule has 0 aliphatic heterocycles. The number of rotatable bonds is 4. The molecule has 3 rings (SSSR count). The molecule has 0 amide bonds. The minimum absolute atomic E-state index is 0.110. The zero-order chi connectivity index (χ0) is 21.7. The molecule has 3 heterocycles. The highest BCUT2D eigenvalue weighted by atomic mass is 16.4. The van der Waals surface area contributed by atoms with E-state index in [4.69, 9.17) is 39.3 Å². The molecule has 0 aliphatic carbocycles. The molecule has 0 radical (unpaired) electrons. The largest absolute Gasteiger partial charge is 0.481 e. The lowest BCUT2D eigenvalue weighted by Crippen LogP contribution is -2.11. The number of furan rings is 1. The number of carboxylic acid groups (broad SMARTS) is 1. The van der Waals surface area contributed by atoms with Gasteiger partial charge in [-0.05, 0) is 36.4 Å². The van der Waals surface area contributed by atoms with Gasteiger partial charge in [-0.25, -0.2) is 0 Å². The molecule has 0 aliphatic rings. The topological polar surface area (TPSA) is 176 Å². The van der Waals surface area contributed by atoms with Crippen LogP contribution in [0.25, 0.3) is 22.9 Å². The summed E-state index contributed by atoms with van der Waals surface area (Å²) >= 11 is 0. The van der Waals surface area contributed by atoms with Gasteiger partial charge in [0.25, 0.3) is 5.97 Å². The van der Waals surface area contributed by atoms with Crippen LogP contribution in [0.3, 0.4) is 0 Å². The van der Waals surface area contributed by atoms with Crippen molar-refractivity contribution in [3.63, 3.8) is 0 Å². The average molecular weight is 370 g/mol. The van der Waals surface area contributed by atoms with Crippen LogP contribution in [0.15, 0.2) is 53.2 Å². The Morgan fingerprint density at radius 3 is 1.63 bits per heavy atom. The summed E-state index contributed by atoms with van der Waals surface area (Å²) in [4.78, 5) is 17.3. The highest BCUT2D eigenvalue weighted by molar-refractivity contribution is 5.95. The van der Waals surface area contributed by atoms with Crippen molar-refractivity contribution in [3.8, 4) is 22.9 Å². The maximum absolute atomic E-state index is 9.00. The van der Waals surface area contributed by atoms with Gasteiger partial charge in [0.15, 0.2) is 11.5 Å². The summed E-state index contributed by atoms with van der Waals surface area (Å²) in [5, 5.41) is 22.1. The van der Waals surface area contributed by atoms with Crippen molar-refractivity contribution in [2.45, 2.75) is 6.92 Å². The minimum Gasteiger partial charge on any atom is -0.481 e. The van der Waals surface area contributed by atoms with Crippen LogP contribution in [0, 0.1) is 10.8 Å². The van der Waals surface area contributed by atoms with Crippen molar-refractivity contribution >= 4 is 17.6 Å². The first kappa shape index (κ1) is 16.5. The molecule has 3 aromatic heterocycles. The molecule has 0 bridgehead atoms. The molecule has 9 heteroatoms. The Balaban J connectivity index is 0.000000687. The molecule has 9 nitrogen and oxygen atoms in total. The molecule has 0 aromatic carbocycles. The van der Waals surface area contributed by atoms with E-state index in [1.807, 2.05) is 0 Å². The summed E-state index contributed by atoms with van der Waals surface area (Å²) in [7, 11) is 0. The van der Waals surface area contributed by atoms with Gasteiger partial charge in [0.1, 0.15) is 23.1 Å². The summed E-state index contributed by atoms with van der Waals surface area (Å²) in [6.07, 6.45) is 2.81. The SMILES string of the molecule is CC(=O)O.[2H]c1c(-c2ccc(C(=N)[15NH2])cn2)oc(-c2ccc(C(=N)[15NH2])cn2)c1[2H]. The van der Waals surface area contributed by atoms with E-state index >= 15 is 0 Å². The molecule has 3 aromatic rings. The number of pyridine rings is 2. The first-order valence-corrected chi connectivity index (χ1v) is 7.53. The normalized spacial score (nSPS) is 10.9. The second-order valence-electron chi connectivity index (χ2n) is 5.22. The molecule has 0 spiro atoms. The van der Waals surface area contributed by atoms with Crippen molar-refractivity contribution in [2.75, 3.05) is 0 Å². The minimum atomic E-state index is -0.833. The van der Waals surface area contributed by atoms with Crippen LogP contribution in [-0.2, 0) is 4.79 Å². The lowest BCUT2D eigenvalue weighted by Gasteiger charge is -2.01. The van der Waals surface area contributed by atoms with Crippen LogP contribution in [0.5, 0.6) is 0 Å². The van der Waals surface area contributed by atoms with Gasteiger partial charge >= 0.3 is 0 Å². The van der Waals surface area contributed by atoms with E-state index in [2.05, 4.69) is 9.97 Å². The molecule has 0 unspecified atom stereocenters. The number of hydrogen-bond acceptors (Lipinski definition) is 6. The molecule has 138 valence electrons. The van der Waals surface area contributed by atoms with E-state index in [-0.39, 0.29) is 35.3 Å². The molecule has 0 saturated carbocycles. The van der Waals surface area contributed by atoms with Crippen LogP contribution in [0.4, 0.5) is 0 Å². The Kier molecular flexibility index (Phi) is 5.11. The lowest BCUT2D eigenvalue weighted by molar-refractivity contribution is -0.134. The predicted molar refractivity (Wildman–Crippen MR) is 101 cm³/mol. The van der Waals surface area contributed by atoms with Gasteiger partial charge in [-0.3, -0.25) is 25.6 Å². The molecular weight excluding hydrogens is 350 g/mol. The number of nitrogens with two attached hydrogens (primary N) is 2. The summed E-state index contributed by atoms with van der Waals surface area (Å²) in [6, 6.07) is 6.10. The maximum atomic E-state index is 9.00. The van der Waals surface area contributed by atoms with Gasteiger partial charge in [0.05, 0.1) is 2.74 Å². The number of amidine groups is 2. The number of nitrogens with zero attached hydrogens (tertiary/aromatic N) is 2. The summed E-state index contributed by atoms with van der Waals surface area (Å²) in [5.74, 6) is -0.789. The molecule has 27 heavy (non-hydrogen) atoms. The van der Waals surface area contributed by atoms with Crippen molar-refractivity contribution in [1.29, 1.82) is 10.8 Å². The van der Waals surface area contributed by atoms with Gasteiger partial charge in [0, 0.05) is 30.4 Å². The summed E-state index contributed by atoms with van der Waals surface area (Å²) in [6.45, 7) is 1.08. The first-order valence-electron chi connectivity index (χ1n) is 8.53. The third-order valence-corrected chi connectivity index (χ3v) is 3.11. The Bertz CT molecular complexity index is 980. The maximum Gasteiger partial charge on any atom is 0.300 e. The van der Waals surface area contributed by atoms with E-state index < -0.39 is 5.97 Å². The standard InChI is InChI=1S/C16H14N6O.C2H4O2/c17-15(18)9-1-3-11(21-7-9)13-5-6-14(23-13)12-4-2-10(8-22-12)16(19)20;1-2(3)4/h1-8H,(H3,17,18)(H3,19,20);1H3,(H,3,4)/i5D,6D,17+1,19+1;. The van der Waals surface area contributed by atoms with E-state index in [0.29, 0.717) is 22.5 Å². The quantitative estimate of drug-likeness (QED) is 0.265. The molecule has 0 fully saturated rings. The molecular formula is C18H18N6O3.